The molecule has 1 aliphatic heterocycles. The van der Waals surface area contributed by atoms with E-state index in [2.05, 4.69) is 0 Å². The number of allylic oxidation sites excluding steroid dienone is 6. The molecule has 0 aromatic rings. The minimum atomic E-state index is 0.164. The average molecular weight is 185 g/mol. The van der Waals surface area contributed by atoms with Crippen molar-refractivity contribution in [1.29, 1.82) is 10.5 Å². The van der Waals surface area contributed by atoms with E-state index < -0.39 is 0 Å². The van der Waals surface area contributed by atoms with Crippen LogP contribution in [-0.4, -0.2) is 11.9 Å². The molecule has 0 unspecified atom stereocenters. The highest BCUT2D eigenvalue weighted by Crippen LogP contribution is 2.22. The third-order valence-electron chi connectivity index (χ3n) is 2.30. The lowest BCUT2D eigenvalue weighted by atomic mass is 10.0. The lowest BCUT2D eigenvalue weighted by Gasteiger charge is -2.24. The molecule has 0 amide bonds. The fourth-order valence-corrected chi connectivity index (χ4v) is 1.26. The third-order valence-corrected chi connectivity index (χ3v) is 2.30. The van der Waals surface area contributed by atoms with E-state index >= 15 is 0 Å². The van der Waals surface area contributed by atoms with Crippen molar-refractivity contribution in [2.45, 2.75) is 13.8 Å². The molecule has 0 saturated carbocycles. The van der Waals surface area contributed by atoms with Gasteiger partial charge in [-0.05, 0) is 26.0 Å². The zero-order valence-corrected chi connectivity index (χ0v) is 8.50. The molecule has 3 nitrogen and oxygen atoms in total. The monoisotopic (exact) mass is 185 g/mol. The number of hydrogen-bond acceptors (Lipinski definition) is 3. The van der Waals surface area contributed by atoms with E-state index in [1.165, 1.54) is 0 Å². The van der Waals surface area contributed by atoms with E-state index in [0.717, 1.165) is 11.4 Å². The maximum Gasteiger partial charge on any atom is 0.137 e. The first-order valence-corrected chi connectivity index (χ1v) is 4.25. The van der Waals surface area contributed by atoms with Crippen LogP contribution in [0.4, 0.5) is 0 Å². The van der Waals surface area contributed by atoms with Gasteiger partial charge in [0, 0.05) is 24.0 Å². The van der Waals surface area contributed by atoms with Crippen LogP contribution < -0.4 is 0 Å². The SMILES string of the molecule is CC1=CC(=C(C#N)C#N)C=C(C)N1C. The molecule has 0 N–H and O–H groups in total. The molecule has 0 bridgehead atoms. The van der Waals surface area contributed by atoms with Crippen LogP contribution in [0.15, 0.2) is 34.7 Å². The summed E-state index contributed by atoms with van der Waals surface area (Å²) in [5.74, 6) is 0. The number of nitrogens with zero attached hydrogens (tertiary/aromatic N) is 3. The van der Waals surface area contributed by atoms with Crippen molar-refractivity contribution in [1.82, 2.24) is 4.90 Å². The topological polar surface area (TPSA) is 50.8 Å². The third kappa shape index (κ3) is 1.67. The van der Waals surface area contributed by atoms with E-state index in [-0.39, 0.29) is 5.57 Å². The quantitative estimate of drug-likeness (QED) is 0.543. The highest BCUT2D eigenvalue weighted by Gasteiger charge is 2.11. The van der Waals surface area contributed by atoms with Gasteiger partial charge in [-0.25, -0.2) is 0 Å². The Kier molecular flexibility index (Phi) is 2.74. The molecule has 1 rings (SSSR count). The first kappa shape index (κ1) is 10.1. The molecule has 0 spiro atoms. The zero-order chi connectivity index (χ0) is 10.7. The predicted octanol–water partition coefficient (Wildman–Crippen LogP) is 2.08. The van der Waals surface area contributed by atoms with Gasteiger partial charge in [0.15, 0.2) is 0 Å². The van der Waals surface area contributed by atoms with Crippen LogP contribution in [0.3, 0.4) is 0 Å². The van der Waals surface area contributed by atoms with Gasteiger partial charge < -0.3 is 4.90 Å². The van der Waals surface area contributed by atoms with Crippen LogP contribution in [0.1, 0.15) is 13.8 Å². The first-order chi connectivity index (χ1) is 6.60. The molecule has 0 atom stereocenters. The lowest BCUT2D eigenvalue weighted by molar-refractivity contribution is 0.515. The van der Waals surface area contributed by atoms with Crippen LogP contribution >= 0.6 is 0 Å². The summed E-state index contributed by atoms with van der Waals surface area (Å²) in [6.07, 6.45) is 3.68. The molecule has 70 valence electrons. The van der Waals surface area contributed by atoms with Gasteiger partial charge in [0.25, 0.3) is 0 Å². The summed E-state index contributed by atoms with van der Waals surface area (Å²) in [7, 11) is 1.95. The van der Waals surface area contributed by atoms with Gasteiger partial charge in [-0.3, -0.25) is 0 Å². The van der Waals surface area contributed by atoms with E-state index in [1.54, 1.807) is 0 Å². The van der Waals surface area contributed by atoms with Gasteiger partial charge in [-0.15, -0.1) is 0 Å². The summed E-state index contributed by atoms with van der Waals surface area (Å²) in [4.78, 5) is 2.01. The minimum Gasteiger partial charge on any atom is -0.352 e. The maximum absolute atomic E-state index is 8.71. The molecule has 1 heterocycles. The van der Waals surface area contributed by atoms with Crippen LogP contribution in [0, 0.1) is 22.7 Å². The second-order valence-electron chi connectivity index (χ2n) is 3.18. The lowest BCUT2D eigenvalue weighted by Crippen LogP contribution is -2.16. The van der Waals surface area contributed by atoms with Gasteiger partial charge >= 0.3 is 0 Å². The largest absolute Gasteiger partial charge is 0.352 e. The Balaban J connectivity index is 3.27. The Bertz CT molecular complexity index is 386. The van der Waals surface area contributed by atoms with Crippen LogP contribution in [-0.2, 0) is 0 Å². The molecule has 0 saturated heterocycles. The molecule has 0 aromatic carbocycles. The predicted molar refractivity (Wildman–Crippen MR) is 53.5 cm³/mol. The van der Waals surface area contributed by atoms with Crippen molar-refractivity contribution in [3.8, 4) is 12.1 Å². The van der Waals surface area contributed by atoms with Crippen molar-refractivity contribution in [3.63, 3.8) is 0 Å². The number of hydrogen-bond donors (Lipinski definition) is 0. The molecule has 0 aromatic heterocycles. The van der Waals surface area contributed by atoms with E-state index in [1.807, 2.05) is 50.1 Å². The Morgan fingerprint density at radius 2 is 1.57 bits per heavy atom. The molecular formula is C11H11N3. The van der Waals surface area contributed by atoms with Gasteiger partial charge in [0.1, 0.15) is 17.7 Å². The summed E-state index contributed by atoms with van der Waals surface area (Å²) in [6.45, 7) is 3.89. The van der Waals surface area contributed by atoms with Gasteiger partial charge in [0.2, 0.25) is 0 Å². The van der Waals surface area contributed by atoms with E-state index in [0.29, 0.717) is 5.57 Å². The van der Waals surface area contributed by atoms with Gasteiger partial charge in [0.05, 0.1) is 0 Å². The fraction of sp³-hybridized carbons (Fsp3) is 0.273. The van der Waals surface area contributed by atoms with Crippen molar-refractivity contribution in [2.24, 2.45) is 0 Å². The van der Waals surface area contributed by atoms with Crippen LogP contribution in [0.25, 0.3) is 0 Å². The molecular weight excluding hydrogens is 174 g/mol. The average Bonchev–Trinajstić information content (AvgIpc) is 2.16. The van der Waals surface area contributed by atoms with Gasteiger partial charge in [-0.1, -0.05) is 0 Å². The summed E-state index contributed by atoms with van der Waals surface area (Å²) in [5.41, 5.74) is 2.92. The Hall–Kier alpha value is -2.00. The fourth-order valence-electron chi connectivity index (χ4n) is 1.26. The zero-order valence-electron chi connectivity index (χ0n) is 8.50. The van der Waals surface area contributed by atoms with E-state index in [9.17, 15) is 0 Å². The normalized spacial score (nSPS) is 15.2. The smallest absolute Gasteiger partial charge is 0.137 e. The molecule has 0 fully saturated rings. The van der Waals surface area contributed by atoms with Crippen LogP contribution in [0.2, 0.25) is 0 Å². The highest BCUT2D eigenvalue weighted by atomic mass is 15.1. The summed E-state index contributed by atoms with van der Waals surface area (Å²) in [6, 6.07) is 3.78. The molecule has 0 aliphatic carbocycles. The van der Waals surface area contributed by atoms with Crippen LogP contribution in [0.5, 0.6) is 0 Å². The summed E-state index contributed by atoms with van der Waals surface area (Å²) < 4.78 is 0. The second-order valence-corrected chi connectivity index (χ2v) is 3.18. The summed E-state index contributed by atoms with van der Waals surface area (Å²) in [5, 5.41) is 17.4. The molecule has 14 heavy (non-hydrogen) atoms. The number of nitriles is 2. The standard InChI is InChI=1S/C11H11N3/c1-8-4-10(11(6-12)7-13)5-9(2)14(8)3/h4-5H,1-3H3. The summed E-state index contributed by atoms with van der Waals surface area (Å²) >= 11 is 0. The number of rotatable bonds is 0. The Morgan fingerprint density at radius 3 is 1.93 bits per heavy atom. The van der Waals surface area contributed by atoms with Crippen molar-refractivity contribution in [3.05, 3.63) is 34.7 Å². The van der Waals surface area contributed by atoms with Crippen molar-refractivity contribution < 1.29 is 0 Å². The van der Waals surface area contributed by atoms with E-state index in [4.69, 9.17) is 10.5 Å². The Labute approximate surface area is 83.9 Å². The molecule has 1 aliphatic rings. The second kappa shape index (κ2) is 3.81. The van der Waals surface area contributed by atoms with Crippen molar-refractivity contribution in [2.75, 3.05) is 7.05 Å². The molecule has 3 heteroatoms. The van der Waals surface area contributed by atoms with Crippen molar-refractivity contribution >= 4 is 0 Å². The maximum atomic E-state index is 8.71. The highest BCUT2D eigenvalue weighted by molar-refractivity contribution is 5.52. The minimum absolute atomic E-state index is 0.164. The molecule has 0 radical (unpaired) electrons. The Morgan fingerprint density at radius 1 is 1.14 bits per heavy atom. The van der Waals surface area contributed by atoms with Gasteiger partial charge in [-0.2, -0.15) is 10.5 Å². The first-order valence-electron chi connectivity index (χ1n) is 4.25.